The minimum atomic E-state index is -3.75. The number of carbonyl (C=O) groups excluding carboxylic acids is 1. The summed E-state index contributed by atoms with van der Waals surface area (Å²) in [6, 6.07) is 20.2. The van der Waals surface area contributed by atoms with Crippen molar-refractivity contribution in [3.05, 3.63) is 93.8 Å². The molecule has 0 fully saturated rings. The predicted octanol–water partition coefficient (Wildman–Crippen LogP) is 5.42. The number of hydrogen-bond acceptors (Lipinski definition) is 5. The molecule has 1 aromatic heterocycles. The number of sulfonamides is 1. The molecule has 9 heteroatoms. The third-order valence-electron chi connectivity index (χ3n) is 5.06. The Morgan fingerprint density at radius 2 is 1.69 bits per heavy atom. The predicted molar refractivity (Wildman–Crippen MR) is 127 cm³/mol. The number of amides is 1. The molecule has 0 atom stereocenters. The highest BCUT2D eigenvalue weighted by atomic mass is 35.5. The largest absolute Gasteiger partial charge is 0.298 e. The van der Waals surface area contributed by atoms with Crippen LogP contribution in [0.2, 0.25) is 5.02 Å². The van der Waals surface area contributed by atoms with Crippen molar-refractivity contribution in [1.82, 2.24) is 4.98 Å². The lowest BCUT2D eigenvalue weighted by Crippen LogP contribution is -2.14. The summed E-state index contributed by atoms with van der Waals surface area (Å²) in [6.07, 6.45) is 0.821. The number of aromatic nitrogens is 1. The average Bonchev–Trinajstić information content (AvgIpc) is 3.31. The van der Waals surface area contributed by atoms with Gasteiger partial charge in [0, 0.05) is 33.1 Å². The number of fused-ring (bicyclic) bond motifs is 3. The Balaban J connectivity index is 1.28. The average molecular weight is 482 g/mol. The molecule has 0 saturated carbocycles. The number of hydrogen-bond donors (Lipinski definition) is 2. The topological polar surface area (TPSA) is 88.2 Å². The van der Waals surface area contributed by atoms with E-state index >= 15 is 0 Å². The van der Waals surface area contributed by atoms with E-state index in [9.17, 15) is 13.2 Å². The summed E-state index contributed by atoms with van der Waals surface area (Å²) in [6.45, 7) is 0. The second kappa shape index (κ2) is 8.05. The van der Waals surface area contributed by atoms with E-state index < -0.39 is 10.0 Å². The van der Waals surface area contributed by atoms with Gasteiger partial charge in [-0.05, 0) is 54.1 Å². The molecular weight excluding hydrogens is 466 g/mol. The van der Waals surface area contributed by atoms with Crippen molar-refractivity contribution < 1.29 is 13.2 Å². The van der Waals surface area contributed by atoms with Crippen LogP contribution in [0.15, 0.2) is 77.7 Å². The molecule has 0 radical (unpaired) electrons. The highest BCUT2D eigenvalue weighted by molar-refractivity contribution is 7.92. The van der Waals surface area contributed by atoms with Gasteiger partial charge in [-0.15, -0.1) is 11.3 Å². The van der Waals surface area contributed by atoms with Gasteiger partial charge in [-0.3, -0.25) is 14.8 Å². The number of nitrogens with one attached hydrogen (secondary N) is 2. The number of anilines is 2. The minimum absolute atomic E-state index is 0.0992. The second-order valence-electron chi connectivity index (χ2n) is 7.22. The van der Waals surface area contributed by atoms with Crippen LogP contribution in [0, 0.1) is 0 Å². The van der Waals surface area contributed by atoms with Crippen LogP contribution in [-0.2, 0) is 16.4 Å². The van der Waals surface area contributed by atoms with Crippen LogP contribution in [0.5, 0.6) is 0 Å². The zero-order chi connectivity index (χ0) is 22.3. The van der Waals surface area contributed by atoms with Gasteiger partial charge in [0.05, 0.1) is 10.6 Å². The van der Waals surface area contributed by atoms with Crippen LogP contribution in [0.1, 0.15) is 20.8 Å². The fourth-order valence-electron chi connectivity index (χ4n) is 3.50. The van der Waals surface area contributed by atoms with Crippen molar-refractivity contribution in [1.29, 1.82) is 0 Å². The maximum Gasteiger partial charge on any atom is 0.261 e. The highest BCUT2D eigenvalue weighted by Gasteiger charge is 2.23. The van der Waals surface area contributed by atoms with Gasteiger partial charge in [0.2, 0.25) is 0 Å². The standard InChI is InChI=1S/C23H16ClN3O3S2/c24-16-7-11-18(12-8-16)32(29,30)27-17-9-5-14(6-10-17)22(28)26-23-25-21-19-4-2-1-3-15(19)13-20(21)31-23/h1-12,27H,13H2,(H,25,26,28). The molecule has 1 heterocycles. The van der Waals surface area contributed by atoms with E-state index in [1.165, 1.54) is 41.2 Å². The Bertz CT molecular complexity index is 1430. The van der Waals surface area contributed by atoms with Gasteiger partial charge in [0.15, 0.2) is 5.13 Å². The third kappa shape index (κ3) is 4.00. The van der Waals surface area contributed by atoms with E-state index in [0.29, 0.717) is 21.4 Å². The molecular formula is C23H16ClN3O3S2. The number of carbonyl (C=O) groups is 1. The Morgan fingerprint density at radius 1 is 0.969 bits per heavy atom. The first kappa shape index (κ1) is 20.7. The van der Waals surface area contributed by atoms with E-state index in [0.717, 1.165) is 22.6 Å². The van der Waals surface area contributed by atoms with Crippen molar-refractivity contribution in [3.8, 4) is 11.3 Å². The van der Waals surface area contributed by atoms with Gasteiger partial charge in [0.1, 0.15) is 0 Å². The fourth-order valence-corrected chi connectivity index (χ4v) is 5.68. The van der Waals surface area contributed by atoms with Crippen LogP contribution in [-0.4, -0.2) is 19.3 Å². The minimum Gasteiger partial charge on any atom is -0.298 e. The molecule has 160 valence electrons. The lowest BCUT2D eigenvalue weighted by molar-refractivity contribution is 0.102. The summed E-state index contributed by atoms with van der Waals surface area (Å²) in [4.78, 5) is 18.5. The first-order chi connectivity index (χ1) is 15.4. The van der Waals surface area contributed by atoms with Gasteiger partial charge < -0.3 is 0 Å². The van der Waals surface area contributed by atoms with Crippen LogP contribution in [0.25, 0.3) is 11.3 Å². The number of thiazole rings is 1. The summed E-state index contributed by atoms with van der Waals surface area (Å²) in [5, 5.41) is 3.83. The molecule has 6 nitrogen and oxygen atoms in total. The molecule has 0 spiro atoms. The summed E-state index contributed by atoms with van der Waals surface area (Å²) < 4.78 is 27.5. The Hall–Kier alpha value is -3.20. The van der Waals surface area contributed by atoms with Crippen molar-refractivity contribution in [2.45, 2.75) is 11.3 Å². The highest BCUT2D eigenvalue weighted by Crippen LogP contribution is 2.40. The molecule has 0 bridgehead atoms. The summed E-state index contributed by atoms with van der Waals surface area (Å²) in [5.74, 6) is -0.308. The first-order valence-corrected chi connectivity index (χ1v) is 12.3. The van der Waals surface area contributed by atoms with Gasteiger partial charge in [-0.25, -0.2) is 13.4 Å². The van der Waals surface area contributed by atoms with Crippen LogP contribution in [0.4, 0.5) is 10.8 Å². The molecule has 0 saturated heterocycles. The lowest BCUT2D eigenvalue weighted by Gasteiger charge is -2.09. The Kier molecular flexibility index (Phi) is 5.21. The molecule has 4 aromatic rings. The van der Waals surface area contributed by atoms with E-state index in [1.54, 1.807) is 24.3 Å². The molecule has 0 aliphatic heterocycles. The summed E-state index contributed by atoms with van der Waals surface area (Å²) in [7, 11) is -3.75. The van der Waals surface area contributed by atoms with Gasteiger partial charge in [-0.2, -0.15) is 0 Å². The first-order valence-electron chi connectivity index (χ1n) is 9.67. The maximum atomic E-state index is 12.6. The molecule has 32 heavy (non-hydrogen) atoms. The third-order valence-corrected chi connectivity index (χ3v) is 7.68. The van der Waals surface area contributed by atoms with E-state index in [2.05, 4.69) is 21.1 Å². The lowest BCUT2D eigenvalue weighted by atomic mass is 10.1. The van der Waals surface area contributed by atoms with Crippen molar-refractivity contribution in [2.24, 2.45) is 0 Å². The van der Waals surface area contributed by atoms with E-state index in [4.69, 9.17) is 11.6 Å². The normalized spacial score (nSPS) is 12.2. The van der Waals surface area contributed by atoms with Crippen LogP contribution < -0.4 is 10.0 Å². The van der Waals surface area contributed by atoms with Gasteiger partial charge >= 0.3 is 0 Å². The molecule has 1 aliphatic rings. The number of rotatable bonds is 5. The molecule has 1 amide bonds. The SMILES string of the molecule is O=C(Nc1nc2c(s1)Cc1ccccc1-2)c1ccc(NS(=O)(=O)c2ccc(Cl)cc2)cc1. The van der Waals surface area contributed by atoms with Crippen LogP contribution in [0.3, 0.4) is 0 Å². The second-order valence-corrected chi connectivity index (χ2v) is 10.4. The quantitative estimate of drug-likeness (QED) is 0.351. The van der Waals surface area contributed by atoms with Crippen molar-refractivity contribution in [2.75, 3.05) is 10.0 Å². The molecule has 0 unspecified atom stereocenters. The van der Waals surface area contributed by atoms with E-state index in [-0.39, 0.29) is 10.8 Å². The van der Waals surface area contributed by atoms with Crippen molar-refractivity contribution in [3.63, 3.8) is 0 Å². The van der Waals surface area contributed by atoms with Crippen molar-refractivity contribution >= 4 is 49.7 Å². The smallest absolute Gasteiger partial charge is 0.261 e. The number of nitrogens with zero attached hydrogens (tertiary/aromatic N) is 1. The Morgan fingerprint density at radius 3 is 2.44 bits per heavy atom. The number of halogens is 1. The fraction of sp³-hybridized carbons (Fsp3) is 0.0435. The van der Waals surface area contributed by atoms with E-state index in [1.807, 2.05) is 18.2 Å². The molecule has 1 aliphatic carbocycles. The maximum absolute atomic E-state index is 12.6. The summed E-state index contributed by atoms with van der Waals surface area (Å²) in [5.41, 5.74) is 4.02. The summed E-state index contributed by atoms with van der Waals surface area (Å²) >= 11 is 7.28. The molecule has 2 N–H and O–H groups in total. The van der Waals surface area contributed by atoms with Crippen LogP contribution >= 0.6 is 22.9 Å². The zero-order valence-electron chi connectivity index (χ0n) is 16.5. The van der Waals surface area contributed by atoms with Gasteiger partial charge in [0.25, 0.3) is 15.9 Å². The van der Waals surface area contributed by atoms with Gasteiger partial charge in [-0.1, -0.05) is 35.9 Å². The zero-order valence-corrected chi connectivity index (χ0v) is 18.9. The monoisotopic (exact) mass is 481 g/mol. The molecule has 5 rings (SSSR count). The number of benzene rings is 3. The Labute approximate surface area is 194 Å². The molecule has 3 aromatic carbocycles.